The number of hydrogen-bond acceptors (Lipinski definition) is 1. The molecule has 0 spiro atoms. The van der Waals surface area contributed by atoms with Crippen molar-refractivity contribution in [3.63, 3.8) is 0 Å². The Balaban J connectivity index is 2.01. The fourth-order valence-electron chi connectivity index (χ4n) is 2.46. The van der Waals surface area contributed by atoms with Gasteiger partial charge < -0.3 is 0 Å². The summed E-state index contributed by atoms with van der Waals surface area (Å²) in [6.45, 7) is 2.11. The maximum atomic E-state index is 12.2. The zero-order valence-corrected chi connectivity index (χ0v) is 9.99. The van der Waals surface area contributed by atoms with Crippen LogP contribution < -0.4 is 0 Å². The molecule has 0 saturated heterocycles. The van der Waals surface area contributed by atoms with Crippen LogP contribution in [0.2, 0.25) is 0 Å². The number of carbonyl (C=O) groups is 1. The van der Waals surface area contributed by atoms with E-state index in [1.54, 1.807) is 0 Å². The van der Waals surface area contributed by atoms with Gasteiger partial charge in [0.1, 0.15) is 5.78 Å². The number of hydrogen-bond donors (Lipinski definition) is 0. The van der Waals surface area contributed by atoms with Crippen molar-refractivity contribution in [2.75, 3.05) is 0 Å². The third-order valence-corrected chi connectivity index (χ3v) is 3.71. The van der Waals surface area contributed by atoms with Gasteiger partial charge in [0.2, 0.25) is 0 Å². The second-order valence-corrected chi connectivity index (χ2v) is 4.84. The first-order valence-corrected chi connectivity index (χ1v) is 6.39. The van der Waals surface area contributed by atoms with E-state index in [4.69, 9.17) is 0 Å². The van der Waals surface area contributed by atoms with E-state index in [9.17, 15) is 4.79 Å². The Morgan fingerprint density at radius 1 is 1.31 bits per heavy atom. The maximum absolute atomic E-state index is 12.2. The summed E-state index contributed by atoms with van der Waals surface area (Å²) in [6.07, 6.45) is 5.57. The highest BCUT2D eigenvalue weighted by molar-refractivity contribution is 5.85. The molecule has 1 aromatic carbocycles. The van der Waals surface area contributed by atoms with Gasteiger partial charge in [0.05, 0.1) is 0 Å². The van der Waals surface area contributed by atoms with Gasteiger partial charge in [0.15, 0.2) is 0 Å². The molecule has 1 saturated carbocycles. The molecule has 1 aliphatic rings. The maximum Gasteiger partial charge on any atom is 0.140 e. The highest BCUT2D eigenvalue weighted by Crippen LogP contribution is 2.32. The molecule has 1 nitrogen and oxygen atoms in total. The van der Waals surface area contributed by atoms with Crippen molar-refractivity contribution in [1.29, 1.82) is 0 Å². The molecule has 1 atom stereocenters. The minimum absolute atomic E-state index is 0.127. The molecule has 0 heterocycles. The summed E-state index contributed by atoms with van der Waals surface area (Å²) in [5, 5.41) is 0. The lowest BCUT2D eigenvalue weighted by Gasteiger charge is -2.26. The summed E-state index contributed by atoms with van der Waals surface area (Å²) in [5.74, 6) is 1.26. The monoisotopic (exact) mass is 216 g/mol. The van der Waals surface area contributed by atoms with Crippen LogP contribution in [0.5, 0.6) is 0 Å². The van der Waals surface area contributed by atoms with Crippen LogP contribution in [-0.2, 0) is 4.79 Å². The van der Waals surface area contributed by atoms with Gasteiger partial charge in [-0.2, -0.15) is 0 Å². The summed E-state index contributed by atoms with van der Waals surface area (Å²) in [7, 11) is 0. The molecule has 1 aromatic rings. The second kappa shape index (κ2) is 5.29. The molecule has 0 N–H and O–H groups in total. The van der Waals surface area contributed by atoms with Crippen molar-refractivity contribution in [2.24, 2.45) is 5.92 Å². The summed E-state index contributed by atoms with van der Waals surface area (Å²) < 4.78 is 0. The quantitative estimate of drug-likeness (QED) is 0.728. The predicted molar refractivity (Wildman–Crippen MR) is 66.4 cm³/mol. The Morgan fingerprint density at radius 3 is 2.50 bits per heavy atom. The van der Waals surface area contributed by atoms with Gasteiger partial charge in [-0.05, 0) is 17.9 Å². The van der Waals surface area contributed by atoms with Crippen molar-refractivity contribution in [1.82, 2.24) is 0 Å². The van der Waals surface area contributed by atoms with E-state index < -0.39 is 0 Å². The summed E-state index contributed by atoms with van der Waals surface area (Å²) in [5.41, 5.74) is 1.19. The van der Waals surface area contributed by atoms with E-state index in [2.05, 4.69) is 19.1 Å². The van der Waals surface area contributed by atoms with Gasteiger partial charge in [-0.15, -0.1) is 0 Å². The fraction of sp³-hybridized carbons (Fsp3) is 0.533. The topological polar surface area (TPSA) is 17.1 Å². The first kappa shape index (κ1) is 11.4. The Hall–Kier alpha value is -1.11. The van der Waals surface area contributed by atoms with Crippen LogP contribution in [-0.4, -0.2) is 5.78 Å². The number of rotatable bonds is 5. The Morgan fingerprint density at radius 2 is 2.00 bits per heavy atom. The Bertz CT molecular complexity index is 338. The van der Waals surface area contributed by atoms with Gasteiger partial charge >= 0.3 is 0 Å². The van der Waals surface area contributed by atoms with E-state index in [1.165, 1.54) is 24.8 Å². The number of carbonyl (C=O) groups excluding carboxylic acids is 1. The van der Waals surface area contributed by atoms with Gasteiger partial charge in [-0.3, -0.25) is 4.79 Å². The highest BCUT2D eigenvalue weighted by atomic mass is 16.1. The first-order valence-electron chi connectivity index (χ1n) is 6.39. The molecule has 1 fully saturated rings. The van der Waals surface area contributed by atoms with Crippen LogP contribution in [0.3, 0.4) is 0 Å². The van der Waals surface area contributed by atoms with Crippen LogP contribution in [0.1, 0.15) is 50.5 Å². The molecule has 0 aliphatic heterocycles. The smallest absolute Gasteiger partial charge is 0.140 e. The minimum atomic E-state index is 0.127. The van der Waals surface area contributed by atoms with Crippen LogP contribution in [0.15, 0.2) is 30.3 Å². The SMILES string of the molecule is CCC(C(=O)CC1CCC1)c1ccccc1. The van der Waals surface area contributed by atoms with Crippen LogP contribution in [0, 0.1) is 5.92 Å². The zero-order chi connectivity index (χ0) is 11.4. The Kier molecular flexibility index (Phi) is 3.76. The minimum Gasteiger partial charge on any atom is -0.299 e. The molecule has 0 radical (unpaired) electrons. The molecule has 86 valence electrons. The lowest BCUT2D eigenvalue weighted by atomic mass is 9.78. The number of Topliss-reactive ketones (excluding diaryl/α,β-unsaturated/α-hetero) is 1. The van der Waals surface area contributed by atoms with Crippen molar-refractivity contribution >= 4 is 5.78 Å². The first-order chi connectivity index (χ1) is 7.81. The second-order valence-electron chi connectivity index (χ2n) is 4.84. The summed E-state index contributed by atoms with van der Waals surface area (Å²) in [6, 6.07) is 10.2. The predicted octanol–water partition coefficient (Wildman–Crippen LogP) is 3.94. The molecular weight excluding hydrogens is 196 g/mol. The third-order valence-electron chi connectivity index (χ3n) is 3.71. The van der Waals surface area contributed by atoms with E-state index in [1.807, 2.05) is 18.2 Å². The molecular formula is C15H20O. The average molecular weight is 216 g/mol. The molecule has 1 aliphatic carbocycles. The van der Waals surface area contributed by atoms with E-state index in [0.29, 0.717) is 11.7 Å². The summed E-state index contributed by atoms with van der Waals surface area (Å²) >= 11 is 0. The third kappa shape index (κ3) is 2.52. The number of benzene rings is 1. The normalized spacial score (nSPS) is 17.8. The largest absolute Gasteiger partial charge is 0.299 e. The van der Waals surface area contributed by atoms with Gasteiger partial charge in [0, 0.05) is 12.3 Å². The fourth-order valence-corrected chi connectivity index (χ4v) is 2.46. The zero-order valence-electron chi connectivity index (χ0n) is 9.99. The van der Waals surface area contributed by atoms with Crippen molar-refractivity contribution in [2.45, 2.75) is 44.9 Å². The number of ketones is 1. The molecule has 0 aromatic heterocycles. The van der Waals surface area contributed by atoms with E-state index >= 15 is 0 Å². The highest BCUT2D eigenvalue weighted by Gasteiger charge is 2.25. The van der Waals surface area contributed by atoms with Crippen molar-refractivity contribution in [3.05, 3.63) is 35.9 Å². The summed E-state index contributed by atoms with van der Waals surface area (Å²) in [4.78, 5) is 12.2. The average Bonchev–Trinajstić information content (AvgIpc) is 2.26. The molecule has 1 unspecified atom stereocenters. The van der Waals surface area contributed by atoms with Crippen LogP contribution in [0.25, 0.3) is 0 Å². The van der Waals surface area contributed by atoms with Crippen LogP contribution >= 0.6 is 0 Å². The molecule has 1 heteroatoms. The van der Waals surface area contributed by atoms with Gasteiger partial charge in [-0.1, -0.05) is 56.5 Å². The lowest BCUT2D eigenvalue weighted by Crippen LogP contribution is -2.20. The molecule has 0 bridgehead atoms. The molecule has 16 heavy (non-hydrogen) atoms. The lowest BCUT2D eigenvalue weighted by molar-refractivity contribution is -0.122. The van der Waals surface area contributed by atoms with E-state index in [0.717, 1.165) is 12.8 Å². The van der Waals surface area contributed by atoms with Crippen molar-refractivity contribution in [3.8, 4) is 0 Å². The molecule has 0 amide bonds. The van der Waals surface area contributed by atoms with Gasteiger partial charge in [0.25, 0.3) is 0 Å². The molecule has 2 rings (SSSR count). The van der Waals surface area contributed by atoms with Crippen molar-refractivity contribution < 1.29 is 4.79 Å². The standard InChI is InChI=1S/C15H20O/c1-2-14(13-9-4-3-5-10-13)15(16)11-12-7-6-8-12/h3-5,9-10,12,14H,2,6-8,11H2,1H3. The van der Waals surface area contributed by atoms with Crippen LogP contribution in [0.4, 0.5) is 0 Å². The Labute approximate surface area is 97.9 Å². The van der Waals surface area contributed by atoms with E-state index in [-0.39, 0.29) is 5.92 Å². The van der Waals surface area contributed by atoms with Gasteiger partial charge in [-0.25, -0.2) is 0 Å².